The van der Waals surface area contributed by atoms with Gasteiger partial charge in [-0.05, 0) is 117 Å². The molecule has 3 heteroatoms. The van der Waals surface area contributed by atoms with Crippen molar-refractivity contribution in [2.45, 2.75) is 0 Å². The highest BCUT2D eigenvalue weighted by molar-refractivity contribution is 6.13. The van der Waals surface area contributed by atoms with Crippen molar-refractivity contribution >= 4 is 71.6 Å². The van der Waals surface area contributed by atoms with Crippen molar-refractivity contribution in [2.75, 3.05) is 4.90 Å². The first-order valence-corrected chi connectivity index (χ1v) is 20.8. The summed E-state index contributed by atoms with van der Waals surface area (Å²) in [5.74, 6) is 0. The number of rotatable bonds is 7. The van der Waals surface area contributed by atoms with Crippen LogP contribution in [0.2, 0.25) is 0 Å². The molecule has 0 aliphatic rings. The van der Waals surface area contributed by atoms with Crippen LogP contribution in [0.1, 0.15) is 0 Å². The summed E-state index contributed by atoms with van der Waals surface area (Å²) in [6.07, 6.45) is 0. The number of nitrogens with zero attached hydrogens (tertiary/aromatic N) is 2. The van der Waals surface area contributed by atoms with Crippen LogP contribution in [0.5, 0.6) is 0 Å². The molecule has 12 aromatic rings. The summed E-state index contributed by atoms with van der Waals surface area (Å²) in [5, 5.41) is 7.27. The minimum atomic E-state index is 0.891. The van der Waals surface area contributed by atoms with Gasteiger partial charge in [0.05, 0.1) is 11.0 Å². The first kappa shape index (κ1) is 34.9. The predicted octanol–water partition coefficient (Wildman–Crippen LogP) is 16.3. The van der Waals surface area contributed by atoms with E-state index in [1.165, 1.54) is 49.3 Å². The number of anilines is 3. The molecule has 286 valence electrons. The fourth-order valence-corrected chi connectivity index (χ4v) is 9.37. The van der Waals surface area contributed by atoms with Gasteiger partial charge in [-0.1, -0.05) is 158 Å². The summed E-state index contributed by atoms with van der Waals surface area (Å²) in [4.78, 5) is 2.36. The Morgan fingerprint density at radius 1 is 0.328 bits per heavy atom. The Morgan fingerprint density at radius 3 is 1.66 bits per heavy atom. The number of hydrogen-bond donors (Lipinski definition) is 0. The molecule has 0 N–H and O–H groups in total. The van der Waals surface area contributed by atoms with Crippen molar-refractivity contribution in [1.82, 2.24) is 4.57 Å². The maximum atomic E-state index is 6.31. The first-order chi connectivity index (χ1) is 30.2. The van der Waals surface area contributed by atoms with Gasteiger partial charge >= 0.3 is 0 Å². The summed E-state index contributed by atoms with van der Waals surface area (Å²) >= 11 is 0. The van der Waals surface area contributed by atoms with Crippen LogP contribution in [0.15, 0.2) is 235 Å². The van der Waals surface area contributed by atoms with Crippen LogP contribution in [0.4, 0.5) is 17.1 Å². The lowest BCUT2D eigenvalue weighted by Gasteiger charge is -2.26. The minimum Gasteiger partial charge on any atom is -0.456 e. The molecule has 2 heterocycles. The van der Waals surface area contributed by atoms with Gasteiger partial charge in [-0.3, -0.25) is 0 Å². The number of hydrogen-bond acceptors (Lipinski definition) is 2. The Morgan fingerprint density at radius 2 is 0.885 bits per heavy atom. The van der Waals surface area contributed by atoms with Gasteiger partial charge in [0.25, 0.3) is 0 Å². The molecule has 0 spiro atoms. The quantitative estimate of drug-likeness (QED) is 0.161. The lowest BCUT2D eigenvalue weighted by Crippen LogP contribution is -2.10. The van der Waals surface area contributed by atoms with Crippen LogP contribution in [0.25, 0.3) is 93.6 Å². The van der Waals surface area contributed by atoms with E-state index in [0.717, 1.165) is 61.4 Å². The summed E-state index contributed by atoms with van der Waals surface area (Å²) in [5.41, 5.74) is 15.6. The zero-order valence-electron chi connectivity index (χ0n) is 33.2. The third-order valence-corrected chi connectivity index (χ3v) is 12.2. The van der Waals surface area contributed by atoms with E-state index in [9.17, 15) is 0 Å². The summed E-state index contributed by atoms with van der Waals surface area (Å²) < 4.78 is 8.69. The van der Waals surface area contributed by atoms with Crippen LogP contribution in [0.3, 0.4) is 0 Å². The molecule has 0 saturated carbocycles. The Kier molecular flexibility index (Phi) is 8.17. The Balaban J connectivity index is 0.965. The van der Waals surface area contributed by atoms with Gasteiger partial charge in [-0.25, -0.2) is 0 Å². The first-order valence-electron chi connectivity index (χ1n) is 20.8. The zero-order valence-corrected chi connectivity index (χ0v) is 33.2. The molecule has 2 aromatic heterocycles. The van der Waals surface area contributed by atoms with Gasteiger partial charge in [-0.15, -0.1) is 0 Å². The monoisotopic (exact) mass is 778 g/mol. The molecule has 3 nitrogen and oxygen atoms in total. The average molecular weight is 779 g/mol. The number of benzene rings is 10. The number of aromatic nitrogens is 1. The topological polar surface area (TPSA) is 21.3 Å². The molecule has 10 aromatic carbocycles. The molecule has 0 aliphatic carbocycles. The van der Waals surface area contributed by atoms with Gasteiger partial charge in [0.15, 0.2) is 0 Å². The Hall–Kier alpha value is -8.14. The highest BCUT2D eigenvalue weighted by Crippen LogP contribution is 2.42. The van der Waals surface area contributed by atoms with E-state index >= 15 is 0 Å². The lowest BCUT2D eigenvalue weighted by molar-refractivity contribution is 0.669. The largest absolute Gasteiger partial charge is 0.456 e. The summed E-state index contributed by atoms with van der Waals surface area (Å²) in [6, 6.07) is 82.9. The van der Waals surface area contributed by atoms with Gasteiger partial charge in [0, 0.05) is 44.3 Å². The molecule has 0 bridgehead atoms. The molecule has 0 atom stereocenters. The highest BCUT2D eigenvalue weighted by atomic mass is 16.3. The van der Waals surface area contributed by atoms with E-state index in [4.69, 9.17) is 4.42 Å². The van der Waals surface area contributed by atoms with E-state index in [2.05, 4.69) is 228 Å². The SMILES string of the molecule is c1cc(-c2cccc3oc4ccccc4c23)cc(N(c2ccc(-c3cccc(-n4c5ccccc5c5ccccc54)c3)cc2)c2ccc(-c3cccc4ccccc34)cc2)c1. The van der Waals surface area contributed by atoms with E-state index in [1.807, 2.05) is 12.1 Å². The molecular weight excluding hydrogens is 741 g/mol. The fraction of sp³-hybridized carbons (Fsp3) is 0. The van der Waals surface area contributed by atoms with E-state index in [-0.39, 0.29) is 0 Å². The predicted molar refractivity (Wildman–Crippen MR) is 257 cm³/mol. The molecule has 0 fully saturated rings. The van der Waals surface area contributed by atoms with Crippen molar-refractivity contribution < 1.29 is 4.42 Å². The van der Waals surface area contributed by atoms with Crippen LogP contribution in [-0.2, 0) is 0 Å². The molecule has 0 aliphatic heterocycles. The normalized spacial score (nSPS) is 11.6. The molecule has 61 heavy (non-hydrogen) atoms. The number of furan rings is 1. The number of para-hydroxylation sites is 3. The minimum absolute atomic E-state index is 0.891. The number of fused-ring (bicyclic) bond motifs is 7. The molecule has 12 rings (SSSR count). The average Bonchev–Trinajstić information content (AvgIpc) is 3.88. The summed E-state index contributed by atoms with van der Waals surface area (Å²) in [6.45, 7) is 0. The van der Waals surface area contributed by atoms with Gasteiger partial charge in [0.1, 0.15) is 11.2 Å². The molecule has 0 saturated heterocycles. The van der Waals surface area contributed by atoms with E-state index in [1.54, 1.807) is 0 Å². The van der Waals surface area contributed by atoms with Gasteiger partial charge < -0.3 is 13.9 Å². The Bertz CT molecular complexity index is 3530. The second-order valence-electron chi connectivity index (χ2n) is 15.7. The third kappa shape index (κ3) is 5.90. The molecule has 0 radical (unpaired) electrons. The molecule has 0 amide bonds. The van der Waals surface area contributed by atoms with Crippen molar-refractivity contribution in [3.05, 3.63) is 231 Å². The van der Waals surface area contributed by atoms with Gasteiger partial charge in [-0.2, -0.15) is 0 Å². The zero-order chi connectivity index (χ0) is 40.3. The second kappa shape index (κ2) is 14.3. The van der Waals surface area contributed by atoms with Crippen molar-refractivity contribution in [3.8, 4) is 39.1 Å². The van der Waals surface area contributed by atoms with Crippen molar-refractivity contribution in [3.63, 3.8) is 0 Å². The maximum absolute atomic E-state index is 6.31. The second-order valence-corrected chi connectivity index (χ2v) is 15.7. The van der Waals surface area contributed by atoms with Crippen molar-refractivity contribution in [1.29, 1.82) is 0 Å². The smallest absolute Gasteiger partial charge is 0.136 e. The van der Waals surface area contributed by atoms with Crippen LogP contribution in [0, 0.1) is 0 Å². The molecule has 0 unspecified atom stereocenters. The highest BCUT2D eigenvalue weighted by Gasteiger charge is 2.18. The Labute approximate surface area is 353 Å². The fourth-order valence-electron chi connectivity index (χ4n) is 9.37. The third-order valence-electron chi connectivity index (χ3n) is 12.2. The maximum Gasteiger partial charge on any atom is 0.136 e. The lowest BCUT2D eigenvalue weighted by atomic mass is 9.97. The summed E-state index contributed by atoms with van der Waals surface area (Å²) in [7, 11) is 0. The van der Waals surface area contributed by atoms with Gasteiger partial charge in [0.2, 0.25) is 0 Å². The van der Waals surface area contributed by atoms with Crippen LogP contribution in [-0.4, -0.2) is 4.57 Å². The molecular formula is C58H38N2O. The van der Waals surface area contributed by atoms with Crippen LogP contribution < -0.4 is 4.90 Å². The van der Waals surface area contributed by atoms with E-state index < -0.39 is 0 Å². The van der Waals surface area contributed by atoms with Crippen LogP contribution >= 0.6 is 0 Å². The van der Waals surface area contributed by atoms with Crippen molar-refractivity contribution in [2.24, 2.45) is 0 Å². The standard InChI is InChI=1S/C58H38N2O/c1-2-19-48-40(13-1)14-11-23-49(48)41-31-35-45(36-32-41)59(46-17-10-16-43(38-46)50-24-12-28-57-58(50)53-22-5-8-27-56(53)61-57)44-33-29-39(30-34-44)42-15-9-18-47(37-42)60-54-25-6-3-20-51(54)52-21-4-7-26-55(52)60/h1-38H. The van der Waals surface area contributed by atoms with E-state index in [0.29, 0.717) is 0 Å².